The monoisotopic (exact) mass is 426 g/mol. The second-order valence-corrected chi connectivity index (χ2v) is 4.88. The molecule has 2 rings (SSSR count). The first-order valence-electron chi connectivity index (χ1n) is 7.22. The lowest BCUT2D eigenvalue weighted by molar-refractivity contribution is 0.396. The van der Waals surface area contributed by atoms with Gasteiger partial charge in [-0.3, -0.25) is 4.99 Å². The van der Waals surface area contributed by atoms with Crippen LogP contribution in [0.5, 0.6) is 5.88 Å². The molecule has 0 spiro atoms. The fraction of sp³-hybridized carbons (Fsp3) is 0.294. The number of rotatable bonds is 5. The summed E-state index contributed by atoms with van der Waals surface area (Å²) in [6.45, 7) is 3.43. The van der Waals surface area contributed by atoms with Crippen LogP contribution in [0.2, 0.25) is 0 Å². The van der Waals surface area contributed by atoms with Gasteiger partial charge in [0, 0.05) is 19.7 Å². The van der Waals surface area contributed by atoms with Crippen molar-refractivity contribution in [2.75, 3.05) is 14.2 Å². The van der Waals surface area contributed by atoms with Crippen molar-refractivity contribution in [3.8, 4) is 5.88 Å². The Morgan fingerprint density at radius 2 is 1.83 bits per heavy atom. The van der Waals surface area contributed by atoms with E-state index in [1.165, 1.54) is 11.1 Å². The maximum Gasteiger partial charge on any atom is 0.213 e. The summed E-state index contributed by atoms with van der Waals surface area (Å²) in [5.74, 6) is 1.36. The van der Waals surface area contributed by atoms with Gasteiger partial charge in [-0.05, 0) is 24.1 Å². The van der Waals surface area contributed by atoms with Crippen molar-refractivity contribution in [3.05, 3.63) is 59.3 Å². The number of pyridine rings is 1. The Balaban J connectivity index is 0.00000264. The molecule has 0 aliphatic rings. The molecule has 1 aromatic heterocycles. The first-order valence-corrected chi connectivity index (χ1v) is 7.22. The topological polar surface area (TPSA) is 58.5 Å². The van der Waals surface area contributed by atoms with Gasteiger partial charge < -0.3 is 15.4 Å². The maximum atomic E-state index is 5.12. The van der Waals surface area contributed by atoms with Crippen molar-refractivity contribution < 1.29 is 4.74 Å². The zero-order chi connectivity index (χ0) is 15.8. The molecule has 0 bridgehead atoms. The standard InChI is InChI=1S/C17H22N4O.HI/c1-13-7-4-5-8-14(13)11-19-17(18-2)20-12-15-9-6-10-16(21-15)22-3;/h4-10H,11-12H2,1-3H3,(H2,18,19,20);1H. The zero-order valence-electron chi connectivity index (χ0n) is 13.7. The molecule has 0 fully saturated rings. The van der Waals surface area contributed by atoms with Gasteiger partial charge in [-0.25, -0.2) is 4.98 Å². The number of methoxy groups -OCH3 is 1. The number of hydrogen-bond acceptors (Lipinski definition) is 3. The number of aromatic nitrogens is 1. The molecule has 0 aliphatic heterocycles. The second kappa shape index (κ2) is 10.0. The molecule has 0 atom stereocenters. The third kappa shape index (κ3) is 6.05. The van der Waals surface area contributed by atoms with E-state index in [4.69, 9.17) is 4.74 Å². The van der Waals surface area contributed by atoms with Crippen LogP contribution in [0.15, 0.2) is 47.5 Å². The predicted octanol–water partition coefficient (Wildman–Crippen LogP) is 2.88. The number of benzene rings is 1. The molecule has 0 radical (unpaired) electrons. The number of nitrogens with zero attached hydrogens (tertiary/aromatic N) is 2. The van der Waals surface area contributed by atoms with E-state index in [-0.39, 0.29) is 24.0 Å². The minimum Gasteiger partial charge on any atom is -0.481 e. The van der Waals surface area contributed by atoms with Gasteiger partial charge in [0.25, 0.3) is 0 Å². The highest BCUT2D eigenvalue weighted by atomic mass is 127. The molecule has 0 aliphatic carbocycles. The van der Waals surface area contributed by atoms with Crippen molar-refractivity contribution in [2.24, 2.45) is 4.99 Å². The van der Waals surface area contributed by atoms with Crippen LogP contribution < -0.4 is 15.4 Å². The number of nitrogens with one attached hydrogen (secondary N) is 2. The maximum absolute atomic E-state index is 5.12. The van der Waals surface area contributed by atoms with Crippen molar-refractivity contribution in [1.82, 2.24) is 15.6 Å². The Bertz CT molecular complexity index is 646. The van der Waals surface area contributed by atoms with Gasteiger partial charge in [-0.1, -0.05) is 30.3 Å². The summed E-state index contributed by atoms with van der Waals surface area (Å²) in [6.07, 6.45) is 0. The molecule has 6 heteroatoms. The Kier molecular flexibility index (Phi) is 8.39. The summed E-state index contributed by atoms with van der Waals surface area (Å²) in [4.78, 5) is 8.59. The number of halogens is 1. The second-order valence-electron chi connectivity index (χ2n) is 4.88. The minimum atomic E-state index is 0. The van der Waals surface area contributed by atoms with E-state index in [0.29, 0.717) is 12.4 Å². The van der Waals surface area contributed by atoms with Crippen LogP contribution in [0.4, 0.5) is 0 Å². The van der Waals surface area contributed by atoms with E-state index in [1.807, 2.05) is 30.3 Å². The highest BCUT2D eigenvalue weighted by Gasteiger charge is 2.02. The van der Waals surface area contributed by atoms with Crippen LogP contribution in [0.3, 0.4) is 0 Å². The van der Waals surface area contributed by atoms with Crippen LogP contribution in [0.25, 0.3) is 0 Å². The summed E-state index contributed by atoms with van der Waals surface area (Å²) >= 11 is 0. The lowest BCUT2D eigenvalue weighted by atomic mass is 10.1. The van der Waals surface area contributed by atoms with Crippen LogP contribution in [0.1, 0.15) is 16.8 Å². The third-order valence-corrected chi connectivity index (χ3v) is 3.36. The van der Waals surface area contributed by atoms with E-state index in [0.717, 1.165) is 18.2 Å². The molecular weight excluding hydrogens is 403 g/mol. The summed E-state index contributed by atoms with van der Waals surface area (Å²) in [7, 11) is 3.37. The summed E-state index contributed by atoms with van der Waals surface area (Å²) < 4.78 is 5.12. The molecule has 23 heavy (non-hydrogen) atoms. The molecule has 2 aromatic rings. The van der Waals surface area contributed by atoms with Gasteiger partial charge in [0.05, 0.1) is 19.3 Å². The summed E-state index contributed by atoms with van der Waals surface area (Å²) in [6, 6.07) is 14.0. The fourth-order valence-electron chi connectivity index (χ4n) is 2.05. The van der Waals surface area contributed by atoms with Crippen molar-refractivity contribution in [3.63, 3.8) is 0 Å². The zero-order valence-corrected chi connectivity index (χ0v) is 16.0. The number of guanidine groups is 1. The van der Waals surface area contributed by atoms with Crippen molar-refractivity contribution >= 4 is 29.9 Å². The van der Waals surface area contributed by atoms with E-state index in [9.17, 15) is 0 Å². The molecule has 1 aromatic carbocycles. The molecule has 2 N–H and O–H groups in total. The number of aryl methyl sites for hydroxylation is 1. The molecule has 0 saturated carbocycles. The first-order chi connectivity index (χ1) is 10.7. The van der Waals surface area contributed by atoms with Gasteiger partial charge >= 0.3 is 0 Å². The summed E-state index contributed by atoms with van der Waals surface area (Å²) in [5, 5.41) is 6.55. The highest BCUT2D eigenvalue weighted by molar-refractivity contribution is 14.0. The lowest BCUT2D eigenvalue weighted by Gasteiger charge is -2.13. The van der Waals surface area contributed by atoms with Crippen molar-refractivity contribution in [1.29, 1.82) is 0 Å². The van der Waals surface area contributed by atoms with Gasteiger partial charge in [0.2, 0.25) is 5.88 Å². The fourth-order valence-corrected chi connectivity index (χ4v) is 2.05. The Hall–Kier alpha value is -1.83. The normalized spacial score (nSPS) is 10.7. The average Bonchev–Trinajstić information content (AvgIpc) is 2.56. The van der Waals surface area contributed by atoms with Gasteiger partial charge in [0.1, 0.15) is 0 Å². The number of hydrogen-bond donors (Lipinski definition) is 2. The quantitative estimate of drug-likeness (QED) is 0.439. The predicted molar refractivity (Wildman–Crippen MR) is 104 cm³/mol. The molecule has 124 valence electrons. The third-order valence-electron chi connectivity index (χ3n) is 3.36. The van der Waals surface area contributed by atoms with E-state index in [1.54, 1.807) is 14.2 Å². The largest absolute Gasteiger partial charge is 0.481 e. The first kappa shape index (κ1) is 19.2. The smallest absolute Gasteiger partial charge is 0.213 e. The number of ether oxygens (including phenoxy) is 1. The number of aliphatic imine (C=N–C) groups is 1. The van der Waals surface area contributed by atoms with Crippen molar-refractivity contribution in [2.45, 2.75) is 20.0 Å². The Morgan fingerprint density at radius 1 is 1.09 bits per heavy atom. The lowest BCUT2D eigenvalue weighted by Crippen LogP contribution is -2.36. The van der Waals surface area contributed by atoms with Gasteiger partial charge in [0.15, 0.2) is 5.96 Å². The molecule has 0 saturated heterocycles. The average molecular weight is 426 g/mol. The van der Waals surface area contributed by atoms with Gasteiger partial charge in [-0.15, -0.1) is 24.0 Å². The van der Waals surface area contributed by atoms with E-state index >= 15 is 0 Å². The Morgan fingerprint density at radius 3 is 2.52 bits per heavy atom. The van der Waals surface area contributed by atoms with Crippen LogP contribution >= 0.6 is 24.0 Å². The summed E-state index contributed by atoms with van der Waals surface area (Å²) in [5.41, 5.74) is 3.42. The van der Waals surface area contributed by atoms with E-state index < -0.39 is 0 Å². The highest BCUT2D eigenvalue weighted by Crippen LogP contribution is 2.07. The SMILES string of the molecule is CN=C(NCc1cccc(OC)n1)NCc1ccccc1C.I. The van der Waals surface area contributed by atoms with E-state index in [2.05, 4.69) is 39.7 Å². The molecule has 1 heterocycles. The van der Waals surface area contributed by atoms with Crippen LogP contribution in [-0.4, -0.2) is 25.1 Å². The Labute approximate surface area is 154 Å². The van der Waals surface area contributed by atoms with Crippen LogP contribution in [0, 0.1) is 6.92 Å². The van der Waals surface area contributed by atoms with Gasteiger partial charge in [-0.2, -0.15) is 0 Å². The molecule has 5 nitrogen and oxygen atoms in total. The van der Waals surface area contributed by atoms with Crippen LogP contribution in [-0.2, 0) is 13.1 Å². The molecule has 0 amide bonds. The molecule has 0 unspecified atom stereocenters. The molecular formula is C17H23IN4O. The minimum absolute atomic E-state index is 0.